The van der Waals surface area contributed by atoms with Gasteiger partial charge in [0.05, 0.1) is 17.6 Å². The highest BCUT2D eigenvalue weighted by Crippen LogP contribution is 2.58. The molecule has 0 amide bonds. The summed E-state index contributed by atoms with van der Waals surface area (Å²) in [6, 6.07) is 30.1. The lowest BCUT2D eigenvalue weighted by molar-refractivity contribution is -0.254. The number of anilines is 1. The van der Waals surface area contributed by atoms with Crippen molar-refractivity contribution in [1.29, 1.82) is 0 Å². The van der Waals surface area contributed by atoms with Gasteiger partial charge >= 0.3 is 5.97 Å². The van der Waals surface area contributed by atoms with Crippen LogP contribution in [0, 0.1) is 0 Å². The number of fused-ring (bicyclic) bond motifs is 8. The molecule has 8 nitrogen and oxygen atoms in total. The zero-order valence-corrected chi connectivity index (χ0v) is 28.4. The van der Waals surface area contributed by atoms with Crippen molar-refractivity contribution in [2.45, 2.75) is 33.3 Å². The van der Waals surface area contributed by atoms with Gasteiger partial charge in [-0.05, 0) is 63.6 Å². The maximum absolute atomic E-state index is 13.6. The van der Waals surface area contributed by atoms with Gasteiger partial charge in [0.15, 0.2) is 5.60 Å². The molecular weight excluding hydrogens is 628 g/mol. The summed E-state index contributed by atoms with van der Waals surface area (Å²) in [5, 5.41) is 14.2. The number of nitrogens with zero attached hydrogens (tertiary/aromatic N) is 2. The van der Waals surface area contributed by atoms with Gasteiger partial charge in [0.25, 0.3) is 0 Å². The molecule has 4 aliphatic rings. The highest BCUT2D eigenvalue weighted by atomic mass is 16.6. The van der Waals surface area contributed by atoms with Crippen LogP contribution >= 0.6 is 0 Å². The number of carboxylic acids is 1. The van der Waals surface area contributed by atoms with Crippen LogP contribution < -0.4 is 24.7 Å². The minimum Gasteiger partial charge on any atom is -0.545 e. The standard InChI is InChI=1S/C42H36N2O6/c1-5-43(6-2)25-17-19-30-35(21-25)48-36-24-38-34(23-31(36)39(30)27-13-9-10-14-28(27)40(45)46)42(32-16-12-11-15-29(32)41(47)50-42)33-20-18-26(22-37(33)49-38)44(7-3)8-4/h9-24H,5-8H2,1-4H3/t42-/m0/s1. The molecular formula is C42H36N2O6. The second kappa shape index (κ2) is 11.9. The third-order valence-electron chi connectivity index (χ3n) is 10.2. The molecule has 50 heavy (non-hydrogen) atoms. The van der Waals surface area contributed by atoms with Crippen LogP contribution in [0.5, 0.6) is 11.5 Å². The Bertz CT molecular complexity index is 2400. The molecule has 0 N–H and O–H groups in total. The molecule has 0 unspecified atom stereocenters. The summed E-state index contributed by atoms with van der Waals surface area (Å²) in [6.45, 7) is 11.7. The molecule has 1 atom stereocenters. The maximum atomic E-state index is 13.6. The number of esters is 1. The van der Waals surface area contributed by atoms with Crippen molar-refractivity contribution in [3.8, 4) is 33.9 Å². The second-order valence-electron chi connectivity index (χ2n) is 12.6. The van der Waals surface area contributed by atoms with Crippen molar-refractivity contribution in [3.05, 3.63) is 130 Å². The predicted octanol–water partition coefficient (Wildman–Crippen LogP) is 6.79. The van der Waals surface area contributed by atoms with Gasteiger partial charge in [0.2, 0.25) is 5.36 Å². The van der Waals surface area contributed by atoms with Gasteiger partial charge in [-0.1, -0.05) is 42.5 Å². The molecule has 250 valence electrons. The maximum Gasteiger partial charge on any atom is 0.340 e. The van der Waals surface area contributed by atoms with Crippen molar-refractivity contribution in [2.24, 2.45) is 0 Å². The monoisotopic (exact) mass is 664 g/mol. The van der Waals surface area contributed by atoms with E-state index in [-0.39, 0.29) is 5.56 Å². The summed E-state index contributed by atoms with van der Waals surface area (Å²) in [5.41, 5.74) is 4.64. The highest BCUT2D eigenvalue weighted by Gasteiger charge is 2.54. The lowest BCUT2D eigenvalue weighted by Crippen LogP contribution is -2.33. The number of carbonyl (C=O) groups is 2. The number of benzene rings is 5. The van der Waals surface area contributed by atoms with E-state index in [0.717, 1.165) is 42.8 Å². The van der Waals surface area contributed by atoms with Crippen molar-refractivity contribution in [2.75, 3.05) is 31.1 Å². The lowest BCUT2D eigenvalue weighted by atomic mass is 9.76. The zero-order valence-electron chi connectivity index (χ0n) is 28.4. The Kier molecular flexibility index (Phi) is 7.48. The Morgan fingerprint density at radius 1 is 0.760 bits per heavy atom. The number of ether oxygens (including phenoxy) is 2. The third-order valence-corrected chi connectivity index (χ3v) is 10.2. The summed E-state index contributed by atoms with van der Waals surface area (Å²) in [7, 11) is 0. The van der Waals surface area contributed by atoms with Crippen molar-refractivity contribution in [3.63, 3.8) is 0 Å². The van der Waals surface area contributed by atoms with E-state index in [1.807, 2.05) is 72.8 Å². The molecule has 1 spiro atoms. The molecule has 0 saturated heterocycles. The first-order chi connectivity index (χ1) is 24.3. The normalized spacial score (nSPS) is 15.7. The average molecular weight is 665 g/mol. The Morgan fingerprint density at radius 3 is 2.22 bits per heavy atom. The van der Waals surface area contributed by atoms with E-state index < -0.39 is 17.5 Å². The van der Waals surface area contributed by atoms with Crippen LogP contribution in [-0.2, 0) is 10.3 Å². The number of hydrogen-bond acceptors (Lipinski definition) is 7. The van der Waals surface area contributed by atoms with Crippen molar-refractivity contribution < 1.29 is 28.6 Å². The van der Waals surface area contributed by atoms with E-state index >= 15 is 0 Å². The fourth-order valence-electron chi connectivity index (χ4n) is 7.77. The van der Waals surface area contributed by atoms with Crippen LogP contribution in [-0.4, -0.2) is 38.1 Å². The van der Waals surface area contributed by atoms with Crippen LogP contribution in [0.4, 0.5) is 5.69 Å². The molecule has 3 heterocycles. The van der Waals surface area contributed by atoms with Gasteiger partial charge in [0.1, 0.15) is 35.9 Å². The molecule has 0 fully saturated rings. The number of carboxylic acid groups (broad SMARTS) is 1. The number of aromatic carboxylic acids is 1. The Hall–Kier alpha value is -5.89. The minimum absolute atomic E-state index is 0.0599. The fraction of sp³-hybridized carbons (Fsp3) is 0.214. The first-order valence-electron chi connectivity index (χ1n) is 17.2. The smallest absolute Gasteiger partial charge is 0.340 e. The third kappa shape index (κ3) is 4.55. The molecule has 0 aromatic heterocycles. The van der Waals surface area contributed by atoms with Crippen LogP contribution in [0.1, 0.15) is 65.1 Å². The van der Waals surface area contributed by atoms with E-state index in [9.17, 15) is 14.7 Å². The van der Waals surface area contributed by atoms with Gasteiger partial charge in [0, 0.05) is 75.7 Å². The van der Waals surface area contributed by atoms with E-state index in [1.54, 1.807) is 24.3 Å². The minimum atomic E-state index is -1.32. The summed E-state index contributed by atoms with van der Waals surface area (Å²) < 4.78 is 22.2. The molecule has 8 rings (SSSR count). The zero-order chi connectivity index (χ0) is 34.7. The summed E-state index contributed by atoms with van der Waals surface area (Å²) >= 11 is 0. The summed E-state index contributed by atoms with van der Waals surface area (Å²) in [4.78, 5) is 28.4. The van der Waals surface area contributed by atoms with Gasteiger partial charge in [-0.2, -0.15) is 0 Å². The van der Waals surface area contributed by atoms with Gasteiger partial charge < -0.3 is 28.7 Å². The highest BCUT2D eigenvalue weighted by molar-refractivity contribution is 6.08. The Morgan fingerprint density at radius 2 is 1.48 bits per heavy atom. The molecule has 4 aromatic rings. The molecule has 0 bridgehead atoms. The van der Waals surface area contributed by atoms with Crippen LogP contribution in [0.3, 0.4) is 0 Å². The molecule has 0 radical (unpaired) electrons. The average Bonchev–Trinajstić information content (AvgIpc) is 3.43. The van der Waals surface area contributed by atoms with E-state index in [4.69, 9.17) is 13.9 Å². The van der Waals surface area contributed by atoms with Gasteiger partial charge in [-0.15, -0.1) is 0 Å². The van der Waals surface area contributed by atoms with Crippen LogP contribution in [0.2, 0.25) is 0 Å². The summed E-state index contributed by atoms with van der Waals surface area (Å²) in [6.07, 6.45) is 0. The first-order valence-corrected chi connectivity index (χ1v) is 17.2. The number of hydrogen-bond donors (Lipinski definition) is 0. The van der Waals surface area contributed by atoms with Gasteiger partial charge in [-0.25, -0.2) is 9.37 Å². The van der Waals surface area contributed by atoms with Crippen molar-refractivity contribution >= 4 is 28.6 Å². The van der Waals surface area contributed by atoms with Crippen molar-refractivity contribution in [1.82, 2.24) is 4.58 Å². The fourth-order valence-corrected chi connectivity index (χ4v) is 7.77. The molecule has 0 saturated carbocycles. The van der Waals surface area contributed by atoms with E-state index in [2.05, 4.69) is 37.2 Å². The summed E-state index contributed by atoms with van der Waals surface area (Å²) in [5.74, 6) is -0.0534. The Balaban J connectivity index is 1.50. The number of rotatable bonds is 7. The SMILES string of the molecule is CCN(CC)c1ccc2c(c1)Oc1cc3oc4cc(=[N+](CC)CC)ccc-4c(-c4ccccc4C(=O)[O-])c3cc1[C@@]21OC(=O)c2ccccc21. The van der Waals surface area contributed by atoms with Crippen LogP contribution in [0.25, 0.3) is 33.4 Å². The molecule has 4 aromatic carbocycles. The van der Waals surface area contributed by atoms with E-state index in [1.165, 1.54) is 0 Å². The number of carbonyl (C=O) groups excluding carboxylic acids is 2. The predicted molar refractivity (Wildman–Crippen MR) is 191 cm³/mol. The van der Waals surface area contributed by atoms with Gasteiger partial charge in [-0.3, -0.25) is 0 Å². The molecule has 8 heteroatoms. The topological polar surface area (TPSA) is 95.1 Å². The lowest BCUT2D eigenvalue weighted by Gasteiger charge is -2.37. The Labute approximate surface area is 289 Å². The molecule has 1 aliphatic carbocycles. The second-order valence-corrected chi connectivity index (χ2v) is 12.6. The largest absolute Gasteiger partial charge is 0.545 e. The van der Waals surface area contributed by atoms with Crippen LogP contribution in [0.15, 0.2) is 101 Å². The quantitative estimate of drug-likeness (QED) is 0.105. The molecule has 3 aliphatic heterocycles. The van der Waals surface area contributed by atoms with E-state index in [0.29, 0.717) is 61.6 Å². The first kappa shape index (κ1) is 31.4.